The number of halogens is 3. The van der Waals surface area contributed by atoms with E-state index in [1.54, 1.807) is 0 Å². The zero-order valence-electron chi connectivity index (χ0n) is 6.99. The van der Waals surface area contributed by atoms with Crippen molar-refractivity contribution < 1.29 is 0 Å². The van der Waals surface area contributed by atoms with Gasteiger partial charge in [-0.2, -0.15) is 0 Å². The Morgan fingerprint density at radius 2 is 1.85 bits per heavy atom. The van der Waals surface area contributed by atoms with Crippen LogP contribution in [0.25, 0.3) is 0 Å². The molecule has 1 aromatic carbocycles. The summed E-state index contributed by atoms with van der Waals surface area (Å²) in [6.07, 6.45) is 3.71. The molecule has 3 heteroatoms. The zero-order valence-corrected chi connectivity index (χ0v) is 11.7. The topological polar surface area (TPSA) is 0 Å². The van der Waals surface area contributed by atoms with Gasteiger partial charge in [-0.3, -0.25) is 0 Å². The second-order valence-corrected chi connectivity index (χ2v) is 6.10. The van der Waals surface area contributed by atoms with E-state index in [2.05, 4.69) is 59.9 Å². The Kier molecular flexibility index (Phi) is 3.16. The molecule has 1 aliphatic rings. The molecule has 0 fully saturated rings. The summed E-state index contributed by atoms with van der Waals surface area (Å²) in [5.41, 5.74) is 2.89. The number of hydrogen-bond donors (Lipinski definition) is 0. The number of rotatable bonds is 0. The molecule has 1 aliphatic carbocycles. The number of benzene rings is 1. The lowest BCUT2D eigenvalue weighted by Crippen LogP contribution is -2.06. The molecule has 1 atom stereocenters. The second-order valence-electron chi connectivity index (χ2n) is 3.28. The van der Waals surface area contributed by atoms with Gasteiger partial charge in [0, 0.05) is 13.8 Å². The highest BCUT2D eigenvalue weighted by atomic mass is 79.9. The van der Waals surface area contributed by atoms with Crippen LogP contribution in [0.1, 0.15) is 28.8 Å². The second kappa shape index (κ2) is 4.03. The third-order valence-corrected chi connectivity index (χ3v) is 4.79. The van der Waals surface area contributed by atoms with Gasteiger partial charge in [0.1, 0.15) is 0 Å². The van der Waals surface area contributed by atoms with Crippen LogP contribution in [0.3, 0.4) is 0 Å². The quantitative estimate of drug-likeness (QED) is 0.566. The van der Waals surface area contributed by atoms with Gasteiger partial charge in [-0.15, -0.1) is 0 Å². The molecule has 0 aliphatic heterocycles. The predicted octanol–water partition coefficient (Wildman–Crippen LogP) is 4.98. The van der Waals surface area contributed by atoms with Crippen LogP contribution in [-0.4, -0.2) is 0 Å². The lowest BCUT2D eigenvalue weighted by atomic mass is 9.92. The maximum absolute atomic E-state index is 3.72. The van der Waals surface area contributed by atoms with Gasteiger partial charge in [-0.05, 0) is 42.5 Å². The smallest absolute Gasteiger partial charge is 0.0409 e. The Morgan fingerprint density at radius 3 is 2.54 bits per heavy atom. The van der Waals surface area contributed by atoms with E-state index in [4.69, 9.17) is 0 Å². The first kappa shape index (κ1) is 10.2. The maximum Gasteiger partial charge on any atom is 0.0409 e. The van der Waals surface area contributed by atoms with Crippen LogP contribution in [0.5, 0.6) is 0 Å². The number of hydrogen-bond acceptors (Lipinski definition) is 0. The van der Waals surface area contributed by atoms with Gasteiger partial charge in [0.15, 0.2) is 0 Å². The lowest BCUT2D eigenvalue weighted by molar-refractivity contribution is 0.676. The van der Waals surface area contributed by atoms with Gasteiger partial charge >= 0.3 is 0 Å². The minimum Gasteiger partial charge on any atom is -0.0838 e. The zero-order chi connectivity index (χ0) is 9.42. The van der Waals surface area contributed by atoms with Crippen LogP contribution >= 0.6 is 47.8 Å². The summed E-state index contributed by atoms with van der Waals surface area (Å²) in [7, 11) is 0. The molecule has 2 rings (SSSR count). The highest BCUT2D eigenvalue weighted by Gasteiger charge is 2.21. The molecular weight excluding hydrogens is 360 g/mol. The summed E-state index contributed by atoms with van der Waals surface area (Å²) in [6.45, 7) is 0. The summed E-state index contributed by atoms with van der Waals surface area (Å²) in [5.74, 6) is 0. The van der Waals surface area contributed by atoms with E-state index in [1.807, 2.05) is 0 Å². The van der Waals surface area contributed by atoms with Gasteiger partial charge < -0.3 is 0 Å². The molecular formula is C10H9Br3. The molecule has 0 nitrogen and oxygen atoms in total. The lowest BCUT2D eigenvalue weighted by Gasteiger charge is -2.23. The minimum atomic E-state index is 0.517. The van der Waals surface area contributed by atoms with Crippen molar-refractivity contribution in [3.8, 4) is 0 Å². The van der Waals surface area contributed by atoms with Crippen LogP contribution in [0, 0.1) is 0 Å². The Labute approximate surface area is 103 Å². The molecule has 1 aromatic rings. The standard InChI is InChI=1S/C10H9Br3/c11-7-4-5-9(13)10-6(7)2-1-3-8(10)12/h4-5,8H,1-3H2. The largest absolute Gasteiger partial charge is 0.0838 e. The van der Waals surface area contributed by atoms with Gasteiger partial charge in [0.05, 0.1) is 0 Å². The highest BCUT2D eigenvalue weighted by Crippen LogP contribution is 2.42. The van der Waals surface area contributed by atoms with E-state index in [1.165, 1.54) is 39.3 Å². The van der Waals surface area contributed by atoms with Crippen molar-refractivity contribution in [2.45, 2.75) is 24.1 Å². The maximum atomic E-state index is 3.72. The molecule has 0 radical (unpaired) electrons. The molecule has 70 valence electrons. The van der Waals surface area contributed by atoms with Crippen LogP contribution in [0.4, 0.5) is 0 Å². The first-order chi connectivity index (χ1) is 6.20. The third kappa shape index (κ3) is 1.88. The Hall–Kier alpha value is 0.660. The van der Waals surface area contributed by atoms with E-state index in [9.17, 15) is 0 Å². The Morgan fingerprint density at radius 1 is 1.15 bits per heavy atom. The van der Waals surface area contributed by atoms with Crippen LogP contribution < -0.4 is 0 Å². The van der Waals surface area contributed by atoms with E-state index in [-0.39, 0.29) is 0 Å². The van der Waals surface area contributed by atoms with E-state index >= 15 is 0 Å². The van der Waals surface area contributed by atoms with Gasteiger partial charge in [-0.1, -0.05) is 47.8 Å². The SMILES string of the molecule is Brc1ccc(Br)c2c1CCCC2Br. The summed E-state index contributed by atoms with van der Waals surface area (Å²) >= 11 is 10.9. The first-order valence-electron chi connectivity index (χ1n) is 4.31. The first-order valence-corrected chi connectivity index (χ1v) is 6.81. The fourth-order valence-corrected chi connectivity index (χ4v) is 4.15. The van der Waals surface area contributed by atoms with E-state index in [0.29, 0.717) is 4.83 Å². The fraction of sp³-hybridized carbons (Fsp3) is 0.400. The van der Waals surface area contributed by atoms with Crippen LogP contribution in [-0.2, 0) is 6.42 Å². The number of fused-ring (bicyclic) bond motifs is 1. The van der Waals surface area contributed by atoms with Gasteiger partial charge in [0.2, 0.25) is 0 Å². The monoisotopic (exact) mass is 366 g/mol. The molecule has 0 bridgehead atoms. The van der Waals surface area contributed by atoms with Crippen molar-refractivity contribution in [2.75, 3.05) is 0 Å². The molecule has 13 heavy (non-hydrogen) atoms. The normalized spacial score (nSPS) is 21.3. The molecule has 0 aromatic heterocycles. The van der Waals surface area contributed by atoms with Crippen molar-refractivity contribution >= 4 is 47.8 Å². The van der Waals surface area contributed by atoms with Crippen LogP contribution in [0.2, 0.25) is 0 Å². The van der Waals surface area contributed by atoms with Gasteiger partial charge in [0.25, 0.3) is 0 Å². The summed E-state index contributed by atoms with van der Waals surface area (Å²) in [6, 6.07) is 4.23. The molecule has 0 heterocycles. The molecule has 0 amide bonds. The Bertz CT molecular complexity index is 333. The average molecular weight is 369 g/mol. The molecule has 0 saturated carbocycles. The van der Waals surface area contributed by atoms with Crippen molar-refractivity contribution in [3.63, 3.8) is 0 Å². The summed E-state index contributed by atoms with van der Waals surface area (Å²) < 4.78 is 2.47. The summed E-state index contributed by atoms with van der Waals surface area (Å²) in [4.78, 5) is 0.517. The predicted molar refractivity (Wildman–Crippen MR) is 66.4 cm³/mol. The van der Waals surface area contributed by atoms with Crippen molar-refractivity contribution in [1.29, 1.82) is 0 Å². The third-order valence-electron chi connectivity index (χ3n) is 2.44. The summed E-state index contributed by atoms with van der Waals surface area (Å²) in [5, 5.41) is 0. The van der Waals surface area contributed by atoms with E-state index in [0.717, 1.165) is 0 Å². The molecule has 1 unspecified atom stereocenters. The highest BCUT2D eigenvalue weighted by molar-refractivity contribution is 9.11. The molecule has 0 saturated heterocycles. The molecule has 0 N–H and O–H groups in total. The number of alkyl halides is 1. The van der Waals surface area contributed by atoms with E-state index < -0.39 is 0 Å². The van der Waals surface area contributed by atoms with Gasteiger partial charge in [-0.25, -0.2) is 0 Å². The Balaban J connectivity index is 2.60. The minimum absolute atomic E-state index is 0.517. The average Bonchev–Trinajstić information content (AvgIpc) is 2.12. The van der Waals surface area contributed by atoms with Crippen LogP contribution in [0.15, 0.2) is 21.1 Å². The van der Waals surface area contributed by atoms with Crippen molar-refractivity contribution in [1.82, 2.24) is 0 Å². The fourth-order valence-electron chi connectivity index (χ4n) is 1.80. The van der Waals surface area contributed by atoms with Crippen molar-refractivity contribution in [2.24, 2.45) is 0 Å². The van der Waals surface area contributed by atoms with Crippen molar-refractivity contribution in [3.05, 3.63) is 32.2 Å². The molecule has 0 spiro atoms.